The van der Waals surface area contributed by atoms with Gasteiger partial charge in [-0.2, -0.15) is 4.31 Å². The van der Waals surface area contributed by atoms with E-state index in [1.54, 1.807) is 57.2 Å². The standard InChI is InChI=1S/C20H25ClN2O4S/c1-4-23(5-2)28(25,26)19-14-17(11-12-18(19)27-6-3)22-20(24)13-15-7-9-16(21)10-8-15/h7-12,14H,4-6,13H2,1-3H3,(H,22,24). The lowest BCUT2D eigenvalue weighted by molar-refractivity contribution is -0.115. The monoisotopic (exact) mass is 424 g/mol. The molecule has 0 heterocycles. The van der Waals surface area contributed by atoms with Crippen molar-refractivity contribution >= 4 is 33.2 Å². The molecule has 0 saturated heterocycles. The van der Waals surface area contributed by atoms with Gasteiger partial charge in [-0.1, -0.05) is 37.6 Å². The lowest BCUT2D eigenvalue weighted by Crippen LogP contribution is -2.31. The molecule has 1 N–H and O–H groups in total. The van der Waals surface area contributed by atoms with E-state index in [0.29, 0.717) is 30.4 Å². The Morgan fingerprint density at radius 1 is 1.07 bits per heavy atom. The van der Waals surface area contributed by atoms with Gasteiger partial charge < -0.3 is 10.1 Å². The number of sulfonamides is 1. The lowest BCUT2D eigenvalue weighted by Gasteiger charge is -2.21. The Kier molecular flexibility index (Phi) is 7.86. The first-order valence-corrected chi connectivity index (χ1v) is 10.9. The van der Waals surface area contributed by atoms with Crippen molar-refractivity contribution in [3.63, 3.8) is 0 Å². The number of nitrogens with one attached hydrogen (secondary N) is 1. The van der Waals surface area contributed by atoms with Crippen LogP contribution in [-0.4, -0.2) is 38.3 Å². The fraction of sp³-hybridized carbons (Fsp3) is 0.350. The minimum Gasteiger partial charge on any atom is -0.492 e. The lowest BCUT2D eigenvalue weighted by atomic mass is 10.1. The molecule has 0 aliphatic rings. The minimum absolute atomic E-state index is 0.0438. The van der Waals surface area contributed by atoms with Crippen LogP contribution < -0.4 is 10.1 Å². The number of hydrogen-bond donors (Lipinski definition) is 1. The maximum atomic E-state index is 13.0. The predicted molar refractivity (Wildman–Crippen MR) is 112 cm³/mol. The van der Waals surface area contributed by atoms with E-state index in [4.69, 9.17) is 16.3 Å². The van der Waals surface area contributed by atoms with Gasteiger partial charge in [0.2, 0.25) is 15.9 Å². The second-order valence-electron chi connectivity index (χ2n) is 6.04. The van der Waals surface area contributed by atoms with Gasteiger partial charge in [-0.15, -0.1) is 0 Å². The Labute approximate surface area is 171 Å². The number of hydrogen-bond acceptors (Lipinski definition) is 4. The molecule has 0 aliphatic heterocycles. The Balaban J connectivity index is 2.28. The number of benzene rings is 2. The zero-order valence-corrected chi connectivity index (χ0v) is 17.8. The molecule has 0 spiro atoms. The number of anilines is 1. The van der Waals surface area contributed by atoms with Crippen molar-refractivity contribution in [1.82, 2.24) is 4.31 Å². The first-order chi connectivity index (χ1) is 13.3. The molecule has 0 atom stereocenters. The second kappa shape index (κ2) is 9.91. The van der Waals surface area contributed by atoms with E-state index in [1.807, 2.05) is 0 Å². The fourth-order valence-corrected chi connectivity index (χ4v) is 4.50. The SMILES string of the molecule is CCOc1ccc(NC(=O)Cc2ccc(Cl)cc2)cc1S(=O)(=O)N(CC)CC. The minimum atomic E-state index is -3.73. The summed E-state index contributed by atoms with van der Waals surface area (Å²) in [5.74, 6) is 0.0165. The maximum Gasteiger partial charge on any atom is 0.246 e. The van der Waals surface area contributed by atoms with Crippen LogP contribution in [0.3, 0.4) is 0 Å². The molecule has 6 nitrogen and oxygen atoms in total. The van der Waals surface area contributed by atoms with Gasteiger partial charge in [0, 0.05) is 23.8 Å². The molecular formula is C20H25ClN2O4S. The number of halogens is 1. The van der Waals surface area contributed by atoms with Crippen LogP contribution in [-0.2, 0) is 21.2 Å². The summed E-state index contributed by atoms with van der Waals surface area (Å²) in [6.07, 6.45) is 0.155. The molecule has 28 heavy (non-hydrogen) atoms. The van der Waals surface area contributed by atoms with Gasteiger partial charge in [-0.05, 0) is 42.8 Å². The molecule has 152 valence electrons. The van der Waals surface area contributed by atoms with Crippen molar-refractivity contribution in [1.29, 1.82) is 0 Å². The second-order valence-corrected chi connectivity index (χ2v) is 8.38. The van der Waals surface area contributed by atoms with E-state index in [2.05, 4.69) is 5.32 Å². The first kappa shape index (κ1) is 22.2. The van der Waals surface area contributed by atoms with Crippen molar-refractivity contribution in [3.8, 4) is 5.75 Å². The Morgan fingerprint density at radius 3 is 2.29 bits per heavy atom. The van der Waals surface area contributed by atoms with Crippen molar-refractivity contribution in [3.05, 3.63) is 53.1 Å². The summed E-state index contributed by atoms with van der Waals surface area (Å²) in [6.45, 7) is 6.37. The third-order valence-electron chi connectivity index (χ3n) is 4.13. The summed E-state index contributed by atoms with van der Waals surface area (Å²) in [7, 11) is -3.73. The van der Waals surface area contributed by atoms with Crippen LogP contribution in [0.1, 0.15) is 26.3 Å². The average molecular weight is 425 g/mol. The van der Waals surface area contributed by atoms with Crippen molar-refractivity contribution < 1.29 is 17.9 Å². The third kappa shape index (κ3) is 5.47. The number of carbonyl (C=O) groups excluding carboxylic acids is 1. The summed E-state index contributed by atoms with van der Waals surface area (Å²) in [4.78, 5) is 12.4. The maximum absolute atomic E-state index is 13.0. The van der Waals surface area contributed by atoms with Crippen LogP contribution in [0.15, 0.2) is 47.4 Å². The van der Waals surface area contributed by atoms with E-state index < -0.39 is 10.0 Å². The normalized spacial score (nSPS) is 11.5. The number of carbonyl (C=O) groups is 1. The molecule has 0 fully saturated rings. The number of rotatable bonds is 9. The fourth-order valence-electron chi connectivity index (χ4n) is 2.76. The van der Waals surface area contributed by atoms with Gasteiger partial charge >= 0.3 is 0 Å². The molecule has 1 amide bonds. The quantitative estimate of drug-likeness (QED) is 0.661. The van der Waals surface area contributed by atoms with Gasteiger partial charge in [0.25, 0.3) is 0 Å². The summed E-state index contributed by atoms with van der Waals surface area (Å²) in [5.41, 5.74) is 1.21. The Bertz CT molecular complexity index is 910. The highest BCUT2D eigenvalue weighted by Crippen LogP contribution is 2.30. The summed E-state index contributed by atoms with van der Waals surface area (Å²) in [6, 6.07) is 11.6. The highest BCUT2D eigenvalue weighted by molar-refractivity contribution is 7.89. The first-order valence-electron chi connectivity index (χ1n) is 9.13. The van der Waals surface area contributed by atoms with Crippen molar-refractivity contribution in [2.24, 2.45) is 0 Å². The van der Waals surface area contributed by atoms with Crippen molar-refractivity contribution in [2.45, 2.75) is 32.1 Å². The van der Waals surface area contributed by atoms with Crippen LogP contribution >= 0.6 is 11.6 Å². The molecule has 2 aromatic carbocycles. The Hall–Kier alpha value is -2.09. The summed E-state index contributed by atoms with van der Waals surface area (Å²) < 4.78 is 32.8. The van der Waals surface area contributed by atoms with Gasteiger partial charge in [-0.25, -0.2) is 8.42 Å². The average Bonchev–Trinajstić information content (AvgIpc) is 2.65. The molecule has 0 aliphatic carbocycles. The molecule has 0 aromatic heterocycles. The third-order valence-corrected chi connectivity index (χ3v) is 6.45. The number of ether oxygens (including phenoxy) is 1. The summed E-state index contributed by atoms with van der Waals surface area (Å²) in [5, 5.41) is 3.35. The van der Waals surface area contributed by atoms with Crippen LogP contribution in [0, 0.1) is 0 Å². The van der Waals surface area contributed by atoms with Gasteiger partial charge in [0.1, 0.15) is 10.6 Å². The molecule has 0 radical (unpaired) electrons. The van der Waals surface area contributed by atoms with Gasteiger partial charge in [0.15, 0.2) is 0 Å². The largest absolute Gasteiger partial charge is 0.492 e. The molecule has 2 aromatic rings. The Morgan fingerprint density at radius 2 is 1.71 bits per heavy atom. The van der Waals surface area contributed by atoms with E-state index in [0.717, 1.165) is 5.56 Å². The zero-order chi connectivity index (χ0) is 20.7. The highest BCUT2D eigenvalue weighted by atomic mass is 35.5. The smallest absolute Gasteiger partial charge is 0.246 e. The highest BCUT2D eigenvalue weighted by Gasteiger charge is 2.26. The van der Waals surface area contributed by atoms with Gasteiger partial charge in [-0.3, -0.25) is 4.79 Å². The molecule has 8 heteroatoms. The van der Waals surface area contributed by atoms with Crippen LogP contribution in [0.5, 0.6) is 5.75 Å². The van der Waals surface area contributed by atoms with E-state index in [1.165, 1.54) is 10.4 Å². The van der Waals surface area contributed by atoms with Crippen molar-refractivity contribution in [2.75, 3.05) is 25.0 Å². The van der Waals surface area contributed by atoms with E-state index >= 15 is 0 Å². The topological polar surface area (TPSA) is 75.7 Å². The van der Waals surface area contributed by atoms with E-state index in [-0.39, 0.29) is 23.0 Å². The van der Waals surface area contributed by atoms with Gasteiger partial charge in [0.05, 0.1) is 13.0 Å². The molecule has 0 bridgehead atoms. The number of nitrogens with zero attached hydrogens (tertiary/aromatic N) is 1. The van der Waals surface area contributed by atoms with Crippen LogP contribution in [0.25, 0.3) is 0 Å². The van der Waals surface area contributed by atoms with E-state index in [9.17, 15) is 13.2 Å². The van der Waals surface area contributed by atoms with Crippen LogP contribution in [0.2, 0.25) is 5.02 Å². The molecule has 2 rings (SSSR count). The molecule has 0 saturated carbocycles. The van der Waals surface area contributed by atoms with Crippen LogP contribution in [0.4, 0.5) is 5.69 Å². The predicted octanol–water partition coefficient (Wildman–Crippen LogP) is 3.95. The zero-order valence-electron chi connectivity index (χ0n) is 16.2. The number of amides is 1. The molecular weight excluding hydrogens is 400 g/mol. The summed E-state index contributed by atoms with van der Waals surface area (Å²) >= 11 is 5.85. The molecule has 0 unspecified atom stereocenters.